The van der Waals surface area contributed by atoms with E-state index in [1.807, 2.05) is 30.6 Å². The van der Waals surface area contributed by atoms with Crippen molar-refractivity contribution >= 4 is 16.9 Å². The molecule has 0 bridgehead atoms. The minimum atomic E-state index is -0.230. The molecule has 0 radical (unpaired) electrons. The van der Waals surface area contributed by atoms with Gasteiger partial charge in [-0.1, -0.05) is 17.3 Å². The number of aryl methyl sites for hydroxylation is 2. The molecule has 0 spiro atoms. The van der Waals surface area contributed by atoms with Gasteiger partial charge in [-0.25, -0.2) is 4.98 Å². The zero-order chi connectivity index (χ0) is 14.7. The molecule has 0 aliphatic heterocycles. The molecule has 1 N–H and O–H groups in total. The van der Waals surface area contributed by atoms with Crippen molar-refractivity contribution in [1.82, 2.24) is 20.0 Å². The zero-order valence-electron chi connectivity index (χ0n) is 11.7. The van der Waals surface area contributed by atoms with Gasteiger partial charge in [-0.2, -0.15) is 0 Å². The third kappa shape index (κ3) is 2.94. The van der Waals surface area contributed by atoms with Gasteiger partial charge >= 0.3 is 0 Å². The van der Waals surface area contributed by atoms with Crippen molar-refractivity contribution in [2.24, 2.45) is 0 Å². The highest BCUT2D eigenvalue weighted by Gasteiger charge is 2.10. The fourth-order valence-electron chi connectivity index (χ4n) is 2.20. The van der Waals surface area contributed by atoms with Gasteiger partial charge in [-0.3, -0.25) is 4.79 Å². The van der Waals surface area contributed by atoms with Gasteiger partial charge in [0.05, 0.1) is 23.1 Å². The molecule has 6 nitrogen and oxygen atoms in total. The van der Waals surface area contributed by atoms with E-state index >= 15 is 0 Å². The normalized spacial score (nSPS) is 10.9. The minimum absolute atomic E-state index is 0.230. The number of fused-ring (bicyclic) bond motifs is 1. The van der Waals surface area contributed by atoms with E-state index < -0.39 is 0 Å². The van der Waals surface area contributed by atoms with Crippen LogP contribution in [0, 0.1) is 6.92 Å². The van der Waals surface area contributed by atoms with Gasteiger partial charge in [0.1, 0.15) is 0 Å². The third-order valence-electron chi connectivity index (χ3n) is 3.24. The van der Waals surface area contributed by atoms with Crippen LogP contribution >= 0.6 is 0 Å². The lowest BCUT2D eigenvalue weighted by molar-refractivity contribution is 0.0916. The van der Waals surface area contributed by atoms with Gasteiger partial charge in [-0.05, 0) is 25.5 Å². The van der Waals surface area contributed by atoms with E-state index in [2.05, 4.69) is 20.0 Å². The van der Waals surface area contributed by atoms with E-state index in [1.165, 1.54) is 0 Å². The lowest BCUT2D eigenvalue weighted by Crippen LogP contribution is -2.24. The fourth-order valence-corrected chi connectivity index (χ4v) is 2.20. The largest absolute Gasteiger partial charge is 0.351 e. The Morgan fingerprint density at radius 2 is 2.24 bits per heavy atom. The molecule has 1 amide bonds. The smallest absolute Gasteiger partial charge is 0.289 e. The first-order valence-corrected chi connectivity index (χ1v) is 6.85. The molecule has 0 aliphatic rings. The zero-order valence-corrected chi connectivity index (χ0v) is 11.7. The van der Waals surface area contributed by atoms with Crippen LogP contribution in [0.15, 0.2) is 41.2 Å². The molecular weight excluding hydrogens is 268 g/mol. The van der Waals surface area contributed by atoms with Crippen molar-refractivity contribution in [3.63, 3.8) is 0 Å². The summed E-state index contributed by atoms with van der Waals surface area (Å²) in [7, 11) is 0. The number of rotatable bonds is 5. The highest BCUT2D eigenvalue weighted by molar-refractivity contribution is 5.91. The standard InChI is InChI=1S/C15H16N4O2/c1-11-9-14(21-18-11)15(20)16-7-4-8-19-10-17-12-5-2-3-6-13(12)19/h2-3,5-6,9-10H,4,7-8H2,1H3,(H,16,20). The number of hydrogen-bond acceptors (Lipinski definition) is 4. The average molecular weight is 284 g/mol. The molecule has 3 aromatic rings. The van der Waals surface area contributed by atoms with Gasteiger partial charge in [0, 0.05) is 19.2 Å². The van der Waals surface area contributed by atoms with E-state index in [4.69, 9.17) is 4.52 Å². The second-order valence-corrected chi connectivity index (χ2v) is 4.87. The molecule has 2 aromatic heterocycles. The van der Waals surface area contributed by atoms with Gasteiger partial charge in [0.15, 0.2) is 0 Å². The summed E-state index contributed by atoms with van der Waals surface area (Å²) in [6.45, 7) is 3.16. The molecular formula is C15H16N4O2. The van der Waals surface area contributed by atoms with Crippen LogP contribution in [0.1, 0.15) is 22.7 Å². The number of nitrogens with one attached hydrogen (secondary N) is 1. The Balaban J connectivity index is 1.51. The Kier molecular flexibility index (Phi) is 3.68. The monoisotopic (exact) mass is 284 g/mol. The summed E-state index contributed by atoms with van der Waals surface area (Å²) in [4.78, 5) is 16.1. The van der Waals surface area contributed by atoms with E-state index in [1.54, 1.807) is 13.0 Å². The SMILES string of the molecule is Cc1cc(C(=O)NCCCn2cnc3ccccc32)on1. The highest BCUT2D eigenvalue weighted by Crippen LogP contribution is 2.11. The maximum absolute atomic E-state index is 11.8. The summed E-state index contributed by atoms with van der Waals surface area (Å²) >= 11 is 0. The van der Waals surface area contributed by atoms with Crippen molar-refractivity contribution in [2.75, 3.05) is 6.54 Å². The van der Waals surface area contributed by atoms with Crippen molar-refractivity contribution < 1.29 is 9.32 Å². The van der Waals surface area contributed by atoms with Crippen LogP contribution < -0.4 is 5.32 Å². The van der Waals surface area contributed by atoms with Crippen molar-refractivity contribution in [2.45, 2.75) is 19.9 Å². The van der Waals surface area contributed by atoms with Crippen LogP contribution in [-0.4, -0.2) is 27.2 Å². The van der Waals surface area contributed by atoms with Crippen molar-refractivity contribution in [1.29, 1.82) is 0 Å². The molecule has 2 heterocycles. The summed E-state index contributed by atoms with van der Waals surface area (Å²) in [5, 5.41) is 6.51. The number of hydrogen-bond donors (Lipinski definition) is 1. The predicted octanol–water partition coefficient (Wildman–Crippen LogP) is 2.15. The Bertz CT molecular complexity index is 760. The number of carbonyl (C=O) groups is 1. The second kappa shape index (κ2) is 5.78. The Morgan fingerprint density at radius 1 is 1.38 bits per heavy atom. The maximum Gasteiger partial charge on any atom is 0.289 e. The summed E-state index contributed by atoms with van der Waals surface area (Å²) < 4.78 is 6.99. The summed E-state index contributed by atoms with van der Waals surface area (Å²) in [5.74, 6) is 0.0201. The van der Waals surface area contributed by atoms with Crippen LogP contribution in [0.2, 0.25) is 0 Å². The van der Waals surface area contributed by atoms with Crippen molar-refractivity contribution in [3.8, 4) is 0 Å². The van der Waals surface area contributed by atoms with Gasteiger partial charge in [0.25, 0.3) is 5.91 Å². The van der Waals surface area contributed by atoms with Crippen LogP contribution in [0.25, 0.3) is 11.0 Å². The number of imidazole rings is 1. The van der Waals surface area contributed by atoms with E-state index in [0.29, 0.717) is 12.2 Å². The first-order chi connectivity index (χ1) is 10.2. The third-order valence-corrected chi connectivity index (χ3v) is 3.24. The fraction of sp³-hybridized carbons (Fsp3) is 0.267. The molecule has 0 unspecified atom stereocenters. The summed E-state index contributed by atoms with van der Waals surface area (Å²) in [6, 6.07) is 9.62. The van der Waals surface area contributed by atoms with Crippen LogP contribution in [0.4, 0.5) is 0 Å². The number of benzene rings is 1. The lowest BCUT2D eigenvalue weighted by Gasteiger charge is -2.05. The van der Waals surface area contributed by atoms with Crippen LogP contribution in [0.5, 0.6) is 0 Å². The molecule has 1 aromatic carbocycles. The summed E-state index contributed by atoms with van der Waals surface area (Å²) in [5.41, 5.74) is 2.79. The molecule has 3 rings (SSSR count). The Morgan fingerprint density at radius 3 is 3.05 bits per heavy atom. The highest BCUT2D eigenvalue weighted by atomic mass is 16.5. The number of para-hydroxylation sites is 2. The van der Waals surface area contributed by atoms with Crippen molar-refractivity contribution in [3.05, 3.63) is 48.1 Å². The molecule has 6 heteroatoms. The number of carbonyl (C=O) groups excluding carboxylic acids is 1. The molecule has 0 aliphatic carbocycles. The van der Waals surface area contributed by atoms with Gasteiger partial charge in [0.2, 0.25) is 5.76 Å². The lowest BCUT2D eigenvalue weighted by atomic mass is 10.3. The van der Waals surface area contributed by atoms with Gasteiger partial charge in [-0.15, -0.1) is 0 Å². The van der Waals surface area contributed by atoms with E-state index in [9.17, 15) is 4.79 Å². The molecule has 0 saturated heterocycles. The average Bonchev–Trinajstić information content (AvgIpc) is 3.10. The topological polar surface area (TPSA) is 73.0 Å². The molecule has 21 heavy (non-hydrogen) atoms. The Hall–Kier alpha value is -2.63. The molecule has 108 valence electrons. The summed E-state index contributed by atoms with van der Waals surface area (Å²) in [6.07, 6.45) is 2.64. The number of aromatic nitrogens is 3. The minimum Gasteiger partial charge on any atom is -0.351 e. The van der Waals surface area contributed by atoms with Crippen LogP contribution in [0.3, 0.4) is 0 Å². The predicted molar refractivity (Wildman–Crippen MR) is 77.9 cm³/mol. The molecule has 0 fully saturated rings. The first kappa shape index (κ1) is 13.4. The Labute approximate surface area is 121 Å². The number of nitrogens with zero attached hydrogens (tertiary/aromatic N) is 3. The second-order valence-electron chi connectivity index (χ2n) is 4.87. The maximum atomic E-state index is 11.8. The molecule has 0 atom stereocenters. The van der Waals surface area contributed by atoms with E-state index in [0.717, 1.165) is 24.0 Å². The quantitative estimate of drug-likeness (QED) is 0.729. The van der Waals surface area contributed by atoms with Crippen LogP contribution in [-0.2, 0) is 6.54 Å². The van der Waals surface area contributed by atoms with E-state index in [-0.39, 0.29) is 11.7 Å². The first-order valence-electron chi connectivity index (χ1n) is 6.85. The molecule has 0 saturated carbocycles. The van der Waals surface area contributed by atoms with Gasteiger partial charge < -0.3 is 14.4 Å². The number of amides is 1.